The highest BCUT2D eigenvalue weighted by Crippen LogP contribution is 2.21. The number of carbonyl (C=O) groups excluding carboxylic acids is 2. The van der Waals surface area contributed by atoms with Gasteiger partial charge in [-0.05, 0) is 29.7 Å². The summed E-state index contributed by atoms with van der Waals surface area (Å²) in [6, 6.07) is 6.63. The Labute approximate surface area is 158 Å². The number of pyridine rings is 1. The lowest BCUT2D eigenvalue weighted by Gasteiger charge is -2.43. The molecule has 27 heavy (non-hydrogen) atoms. The van der Waals surface area contributed by atoms with Crippen LogP contribution in [0.1, 0.15) is 19.4 Å². The molecule has 0 unspecified atom stereocenters. The van der Waals surface area contributed by atoms with Gasteiger partial charge < -0.3 is 9.80 Å². The van der Waals surface area contributed by atoms with Gasteiger partial charge in [-0.3, -0.25) is 14.6 Å². The number of hydrogen-bond donors (Lipinski definition) is 0. The molecule has 6 heteroatoms. The van der Waals surface area contributed by atoms with Gasteiger partial charge in [0.1, 0.15) is 5.82 Å². The van der Waals surface area contributed by atoms with Crippen LogP contribution in [0.5, 0.6) is 0 Å². The zero-order valence-electron chi connectivity index (χ0n) is 15.7. The number of piperazine rings is 1. The van der Waals surface area contributed by atoms with E-state index in [-0.39, 0.29) is 30.2 Å². The van der Waals surface area contributed by atoms with Crippen molar-refractivity contribution in [1.29, 1.82) is 0 Å². The minimum atomic E-state index is -0.421. The molecule has 1 fully saturated rings. The lowest BCUT2D eigenvalue weighted by Crippen LogP contribution is -2.58. The Kier molecular flexibility index (Phi) is 5.54. The maximum Gasteiger partial charge on any atom is 0.246 e. The number of fused-ring (bicyclic) bond motifs is 1. The van der Waals surface area contributed by atoms with Gasteiger partial charge in [0.15, 0.2) is 0 Å². The molecule has 1 aliphatic heterocycles. The van der Waals surface area contributed by atoms with E-state index in [4.69, 9.17) is 0 Å². The molecule has 0 radical (unpaired) electrons. The molecule has 5 nitrogen and oxygen atoms in total. The van der Waals surface area contributed by atoms with E-state index in [1.807, 2.05) is 19.9 Å². The Morgan fingerprint density at radius 3 is 2.85 bits per heavy atom. The summed E-state index contributed by atoms with van der Waals surface area (Å²) in [6.45, 7) is 8.96. The molecule has 142 valence electrons. The van der Waals surface area contributed by atoms with Crippen molar-refractivity contribution < 1.29 is 14.0 Å². The minimum absolute atomic E-state index is 0.00309. The van der Waals surface area contributed by atoms with E-state index in [9.17, 15) is 14.0 Å². The second kappa shape index (κ2) is 7.86. The molecule has 2 aromatic rings. The summed E-state index contributed by atoms with van der Waals surface area (Å²) < 4.78 is 14.4. The molecule has 1 aromatic heterocycles. The summed E-state index contributed by atoms with van der Waals surface area (Å²) in [5.41, 5.74) is 0.939. The van der Waals surface area contributed by atoms with E-state index in [0.29, 0.717) is 30.7 Å². The second-order valence-electron chi connectivity index (χ2n) is 7.20. The number of hydrogen-bond acceptors (Lipinski definition) is 3. The first-order chi connectivity index (χ1) is 12.9. The molecule has 1 saturated heterocycles. The van der Waals surface area contributed by atoms with Crippen molar-refractivity contribution in [3.8, 4) is 0 Å². The summed E-state index contributed by atoms with van der Waals surface area (Å²) in [4.78, 5) is 32.5. The van der Waals surface area contributed by atoms with Crippen molar-refractivity contribution in [2.45, 2.75) is 26.3 Å². The number of nitrogens with zero attached hydrogens (tertiary/aromatic N) is 3. The van der Waals surface area contributed by atoms with Crippen LogP contribution in [-0.2, 0) is 16.0 Å². The van der Waals surface area contributed by atoms with Gasteiger partial charge in [0, 0.05) is 37.3 Å². The number of carbonyl (C=O) groups is 2. The third-order valence-electron chi connectivity index (χ3n) is 5.11. The normalized spacial score (nSPS) is 17.4. The van der Waals surface area contributed by atoms with Gasteiger partial charge >= 0.3 is 0 Å². The van der Waals surface area contributed by atoms with Crippen LogP contribution in [-0.4, -0.2) is 52.3 Å². The Hall–Kier alpha value is -2.76. The third kappa shape index (κ3) is 3.99. The smallest absolute Gasteiger partial charge is 0.246 e. The predicted octanol–water partition coefficient (Wildman–Crippen LogP) is 2.80. The molecule has 0 spiro atoms. The average Bonchev–Trinajstić information content (AvgIpc) is 2.67. The van der Waals surface area contributed by atoms with Crippen molar-refractivity contribution >= 4 is 22.7 Å². The van der Waals surface area contributed by atoms with Crippen LogP contribution in [0.2, 0.25) is 0 Å². The average molecular weight is 369 g/mol. The van der Waals surface area contributed by atoms with Crippen LogP contribution >= 0.6 is 0 Å². The second-order valence-corrected chi connectivity index (χ2v) is 7.20. The Bertz CT molecular complexity index is 881. The number of rotatable bonds is 4. The van der Waals surface area contributed by atoms with E-state index in [2.05, 4.69) is 11.6 Å². The zero-order valence-corrected chi connectivity index (χ0v) is 15.7. The summed E-state index contributed by atoms with van der Waals surface area (Å²) in [7, 11) is 0. The van der Waals surface area contributed by atoms with Crippen molar-refractivity contribution in [3.63, 3.8) is 0 Å². The van der Waals surface area contributed by atoms with E-state index in [1.54, 1.807) is 28.1 Å². The molecular formula is C21H24FN3O2. The van der Waals surface area contributed by atoms with Gasteiger partial charge in [0.25, 0.3) is 0 Å². The number of benzene rings is 1. The molecule has 0 aliphatic carbocycles. The fourth-order valence-corrected chi connectivity index (χ4v) is 3.55. The van der Waals surface area contributed by atoms with Crippen molar-refractivity contribution in [2.75, 3.05) is 19.6 Å². The van der Waals surface area contributed by atoms with E-state index < -0.39 is 5.82 Å². The molecule has 2 amide bonds. The van der Waals surface area contributed by atoms with Crippen LogP contribution in [0.4, 0.5) is 4.39 Å². The summed E-state index contributed by atoms with van der Waals surface area (Å²) in [5, 5.41) is 0.808. The number of aromatic nitrogens is 1. The van der Waals surface area contributed by atoms with Gasteiger partial charge in [-0.2, -0.15) is 0 Å². The monoisotopic (exact) mass is 369 g/mol. The van der Waals surface area contributed by atoms with Crippen LogP contribution in [0, 0.1) is 11.7 Å². The number of halogens is 1. The highest BCUT2D eigenvalue weighted by Gasteiger charge is 2.33. The highest BCUT2D eigenvalue weighted by molar-refractivity contribution is 5.88. The summed E-state index contributed by atoms with van der Waals surface area (Å²) in [6.07, 6.45) is 2.92. The molecule has 1 atom stereocenters. The quantitative estimate of drug-likeness (QED) is 0.779. The first kappa shape index (κ1) is 19.0. The van der Waals surface area contributed by atoms with Gasteiger partial charge in [-0.1, -0.05) is 26.5 Å². The molecule has 0 saturated carbocycles. The van der Waals surface area contributed by atoms with Crippen molar-refractivity contribution in [3.05, 3.63) is 54.5 Å². The summed E-state index contributed by atoms with van der Waals surface area (Å²) >= 11 is 0. The molecule has 3 rings (SSSR count). The van der Waals surface area contributed by atoms with E-state index in [1.165, 1.54) is 12.1 Å². The Balaban J connectivity index is 1.76. The highest BCUT2D eigenvalue weighted by atomic mass is 19.1. The summed E-state index contributed by atoms with van der Waals surface area (Å²) in [5.74, 6) is -0.467. The topological polar surface area (TPSA) is 53.5 Å². The van der Waals surface area contributed by atoms with Crippen LogP contribution in [0.25, 0.3) is 10.9 Å². The predicted molar refractivity (Wildman–Crippen MR) is 103 cm³/mol. The van der Waals surface area contributed by atoms with Gasteiger partial charge in [0.05, 0.1) is 18.0 Å². The first-order valence-electron chi connectivity index (χ1n) is 9.14. The van der Waals surface area contributed by atoms with Gasteiger partial charge in [-0.15, -0.1) is 0 Å². The zero-order chi connectivity index (χ0) is 19.6. The van der Waals surface area contributed by atoms with Crippen molar-refractivity contribution in [2.24, 2.45) is 5.92 Å². The molecule has 1 aromatic carbocycles. The number of amides is 2. The largest absolute Gasteiger partial charge is 0.339 e. The lowest BCUT2D eigenvalue weighted by molar-refractivity contribution is -0.141. The van der Waals surface area contributed by atoms with Crippen LogP contribution in [0.3, 0.4) is 0 Å². The van der Waals surface area contributed by atoms with E-state index >= 15 is 0 Å². The molecule has 0 bridgehead atoms. The standard InChI is InChI=1S/C21H24FN3O2/c1-4-20(26)25-9-8-24(13-19(25)14(2)3)21(27)11-16-10-15-6-5-7-23-18(15)12-17(16)22/h4-7,10,12,14,19H,1,8-9,11,13H2,2-3H3/t19-/m1/s1. The molecular weight excluding hydrogens is 345 g/mol. The van der Waals surface area contributed by atoms with Gasteiger partial charge in [-0.25, -0.2) is 4.39 Å². The maximum atomic E-state index is 14.4. The lowest BCUT2D eigenvalue weighted by atomic mass is 9.98. The van der Waals surface area contributed by atoms with Crippen molar-refractivity contribution in [1.82, 2.24) is 14.8 Å². The Morgan fingerprint density at radius 2 is 2.15 bits per heavy atom. The van der Waals surface area contributed by atoms with Crippen LogP contribution in [0.15, 0.2) is 43.1 Å². The fraction of sp³-hybridized carbons (Fsp3) is 0.381. The fourth-order valence-electron chi connectivity index (χ4n) is 3.55. The minimum Gasteiger partial charge on any atom is -0.339 e. The first-order valence-corrected chi connectivity index (χ1v) is 9.14. The Morgan fingerprint density at radius 1 is 1.37 bits per heavy atom. The SMILES string of the molecule is C=CC(=O)N1CCN(C(=O)Cc2cc3cccnc3cc2F)C[C@@H]1C(C)C. The molecule has 0 N–H and O–H groups in total. The molecule has 1 aliphatic rings. The molecule has 2 heterocycles. The third-order valence-corrected chi connectivity index (χ3v) is 5.11. The van der Waals surface area contributed by atoms with Crippen LogP contribution < -0.4 is 0 Å². The maximum absolute atomic E-state index is 14.4. The van der Waals surface area contributed by atoms with Gasteiger partial charge in [0.2, 0.25) is 11.8 Å². The van der Waals surface area contributed by atoms with E-state index in [0.717, 1.165) is 5.39 Å².